The minimum atomic E-state index is -0.891. The molecule has 0 saturated carbocycles. The van der Waals surface area contributed by atoms with Crippen molar-refractivity contribution >= 4 is 17.7 Å². The number of carbonyl (C=O) groups is 2. The molecule has 0 aromatic heterocycles. The van der Waals surface area contributed by atoms with E-state index in [1.165, 1.54) is 0 Å². The van der Waals surface area contributed by atoms with E-state index in [1.54, 1.807) is 20.8 Å². The van der Waals surface area contributed by atoms with Crippen LogP contribution in [0, 0.1) is 6.92 Å². The Balaban J connectivity index is 2.02. The number of anilines is 1. The lowest BCUT2D eigenvalue weighted by molar-refractivity contribution is -0.119. The summed E-state index contributed by atoms with van der Waals surface area (Å²) in [5, 5.41) is 5.44. The highest BCUT2D eigenvalue weighted by Gasteiger charge is 2.25. The smallest absolute Gasteiger partial charge is 0.408 e. The van der Waals surface area contributed by atoms with E-state index >= 15 is 0 Å². The molecule has 2 aromatic rings. The van der Waals surface area contributed by atoms with Gasteiger partial charge in [0.15, 0.2) is 0 Å². The first-order valence-corrected chi connectivity index (χ1v) is 9.22. The van der Waals surface area contributed by atoms with Crippen molar-refractivity contribution in [1.29, 1.82) is 0 Å². The Morgan fingerprint density at radius 1 is 1.00 bits per heavy atom. The molecule has 6 heteroatoms. The molecule has 0 fully saturated rings. The van der Waals surface area contributed by atoms with Gasteiger partial charge in [-0.1, -0.05) is 48.5 Å². The van der Waals surface area contributed by atoms with Gasteiger partial charge in [0.1, 0.15) is 11.6 Å². The maximum Gasteiger partial charge on any atom is 0.408 e. The highest BCUT2D eigenvalue weighted by Crippen LogP contribution is 2.14. The summed E-state index contributed by atoms with van der Waals surface area (Å²) >= 11 is 0. The molecule has 0 heterocycles. The SMILES string of the molecule is Cc1ccccc1NC(=O)[C@H](COCc1ccccc1)NC(=O)OC(C)(C)C. The van der Waals surface area contributed by atoms with Crippen LogP contribution < -0.4 is 10.6 Å². The third kappa shape index (κ3) is 7.40. The van der Waals surface area contributed by atoms with Gasteiger partial charge in [0.25, 0.3) is 0 Å². The third-order valence-electron chi connectivity index (χ3n) is 3.81. The van der Waals surface area contributed by atoms with Crippen LogP contribution in [0.5, 0.6) is 0 Å². The van der Waals surface area contributed by atoms with E-state index in [0.29, 0.717) is 12.3 Å². The molecule has 1 atom stereocenters. The summed E-state index contributed by atoms with van der Waals surface area (Å²) in [7, 11) is 0. The number of hydrogen-bond acceptors (Lipinski definition) is 4. The zero-order valence-corrected chi connectivity index (χ0v) is 16.8. The number of nitrogens with one attached hydrogen (secondary N) is 2. The molecule has 0 aliphatic rings. The van der Waals surface area contributed by atoms with Crippen molar-refractivity contribution in [3.05, 3.63) is 65.7 Å². The molecular formula is C22H28N2O4. The zero-order valence-electron chi connectivity index (χ0n) is 16.8. The van der Waals surface area contributed by atoms with E-state index in [1.807, 2.05) is 61.5 Å². The van der Waals surface area contributed by atoms with Gasteiger partial charge in [0.2, 0.25) is 5.91 Å². The first kappa shape index (κ1) is 21.4. The first-order valence-electron chi connectivity index (χ1n) is 9.22. The lowest BCUT2D eigenvalue weighted by Gasteiger charge is -2.23. The summed E-state index contributed by atoms with van der Waals surface area (Å²) in [6.45, 7) is 7.55. The molecule has 0 spiro atoms. The van der Waals surface area contributed by atoms with Crippen LogP contribution in [0.4, 0.5) is 10.5 Å². The van der Waals surface area contributed by atoms with E-state index in [2.05, 4.69) is 10.6 Å². The van der Waals surface area contributed by atoms with Gasteiger partial charge in [-0.3, -0.25) is 4.79 Å². The Morgan fingerprint density at radius 3 is 2.29 bits per heavy atom. The molecular weight excluding hydrogens is 356 g/mol. The molecule has 0 aliphatic carbocycles. The second-order valence-corrected chi connectivity index (χ2v) is 7.50. The quantitative estimate of drug-likeness (QED) is 0.755. The summed E-state index contributed by atoms with van der Waals surface area (Å²) < 4.78 is 10.9. The van der Waals surface area contributed by atoms with Crippen molar-refractivity contribution in [2.45, 2.75) is 45.9 Å². The summed E-state index contributed by atoms with van der Waals surface area (Å²) in [4.78, 5) is 24.9. The van der Waals surface area contributed by atoms with Gasteiger partial charge in [-0.2, -0.15) is 0 Å². The van der Waals surface area contributed by atoms with Gasteiger partial charge in [-0.15, -0.1) is 0 Å². The maximum absolute atomic E-state index is 12.7. The highest BCUT2D eigenvalue weighted by atomic mass is 16.6. The summed E-state index contributed by atoms with van der Waals surface area (Å²) in [6, 6.07) is 16.2. The second kappa shape index (κ2) is 9.90. The predicted octanol–water partition coefficient (Wildman–Crippen LogP) is 4.04. The van der Waals surface area contributed by atoms with Gasteiger partial charge in [0.05, 0.1) is 13.2 Å². The average Bonchev–Trinajstić information content (AvgIpc) is 2.62. The van der Waals surface area contributed by atoms with Gasteiger partial charge >= 0.3 is 6.09 Å². The predicted molar refractivity (Wildman–Crippen MR) is 109 cm³/mol. The minimum Gasteiger partial charge on any atom is -0.444 e. The van der Waals surface area contributed by atoms with Gasteiger partial charge in [0, 0.05) is 5.69 Å². The topological polar surface area (TPSA) is 76.7 Å². The number of alkyl carbamates (subject to hydrolysis) is 1. The van der Waals surface area contributed by atoms with E-state index in [-0.39, 0.29) is 12.5 Å². The van der Waals surface area contributed by atoms with E-state index < -0.39 is 17.7 Å². The van der Waals surface area contributed by atoms with Crippen LogP contribution in [0.3, 0.4) is 0 Å². The molecule has 0 saturated heterocycles. The van der Waals surface area contributed by atoms with Crippen LogP contribution in [0.1, 0.15) is 31.9 Å². The molecule has 0 bridgehead atoms. The fourth-order valence-corrected chi connectivity index (χ4v) is 2.43. The number of aryl methyl sites for hydroxylation is 1. The summed E-state index contributed by atoms with van der Waals surface area (Å²) in [6.07, 6.45) is -0.666. The Labute approximate surface area is 166 Å². The normalized spacial score (nSPS) is 12.1. The Morgan fingerprint density at radius 2 is 1.64 bits per heavy atom. The molecule has 0 radical (unpaired) electrons. The molecule has 28 heavy (non-hydrogen) atoms. The maximum atomic E-state index is 12.7. The number of carbonyl (C=O) groups excluding carboxylic acids is 2. The van der Waals surface area contributed by atoms with Crippen LogP contribution >= 0.6 is 0 Å². The minimum absolute atomic E-state index is 0.0197. The van der Waals surface area contributed by atoms with Crippen molar-refractivity contribution in [3.63, 3.8) is 0 Å². The number of para-hydroxylation sites is 1. The lowest BCUT2D eigenvalue weighted by atomic mass is 10.2. The summed E-state index contributed by atoms with van der Waals surface area (Å²) in [5.41, 5.74) is 1.94. The van der Waals surface area contributed by atoms with Gasteiger partial charge < -0.3 is 20.1 Å². The lowest BCUT2D eigenvalue weighted by Crippen LogP contribution is -2.48. The van der Waals surface area contributed by atoms with Crippen molar-refractivity contribution in [3.8, 4) is 0 Å². The van der Waals surface area contributed by atoms with Gasteiger partial charge in [-0.25, -0.2) is 4.79 Å². The molecule has 0 unspecified atom stereocenters. The number of amides is 2. The van der Waals surface area contributed by atoms with Crippen LogP contribution in [0.25, 0.3) is 0 Å². The van der Waals surface area contributed by atoms with E-state index in [0.717, 1.165) is 11.1 Å². The standard InChI is InChI=1S/C22H28N2O4/c1-16-10-8-9-13-18(16)23-20(25)19(24-21(26)28-22(2,3)4)15-27-14-17-11-6-5-7-12-17/h5-13,19H,14-15H2,1-4H3,(H,23,25)(H,24,26)/t19-/m0/s1. The zero-order chi connectivity index (χ0) is 20.6. The number of benzene rings is 2. The van der Waals surface area contributed by atoms with Crippen LogP contribution in [0.15, 0.2) is 54.6 Å². The molecule has 2 amide bonds. The first-order chi connectivity index (χ1) is 13.2. The van der Waals surface area contributed by atoms with Crippen molar-refractivity contribution in [2.24, 2.45) is 0 Å². The third-order valence-corrected chi connectivity index (χ3v) is 3.81. The fourth-order valence-electron chi connectivity index (χ4n) is 2.43. The van der Waals surface area contributed by atoms with E-state index in [4.69, 9.17) is 9.47 Å². The van der Waals surface area contributed by atoms with Crippen LogP contribution in [0.2, 0.25) is 0 Å². The largest absolute Gasteiger partial charge is 0.444 e. The molecule has 2 rings (SSSR count). The number of ether oxygens (including phenoxy) is 2. The van der Waals surface area contributed by atoms with Crippen LogP contribution in [-0.2, 0) is 20.9 Å². The van der Waals surface area contributed by atoms with Crippen molar-refractivity contribution in [1.82, 2.24) is 5.32 Å². The van der Waals surface area contributed by atoms with Gasteiger partial charge in [-0.05, 0) is 44.9 Å². The molecule has 150 valence electrons. The van der Waals surface area contributed by atoms with Crippen molar-refractivity contribution in [2.75, 3.05) is 11.9 Å². The average molecular weight is 384 g/mol. The Kier molecular flexibility index (Phi) is 7.58. The molecule has 2 N–H and O–H groups in total. The summed E-state index contributed by atoms with van der Waals surface area (Å²) in [5.74, 6) is -0.367. The monoisotopic (exact) mass is 384 g/mol. The second-order valence-electron chi connectivity index (χ2n) is 7.50. The highest BCUT2D eigenvalue weighted by molar-refractivity contribution is 5.97. The van der Waals surface area contributed by atoms with Crippen LogP contribution in [-0.4, -0.2) is 30.3 Å². The molecule has 6 nitrogen and oxygen atoms in total. The number of rotatable bonds is 7. The number of hydrogen-bond donors (Lipinski definition) is 2. The molecule has 0 aliphatic heterocycles. The fraction of sp³-hybridized carbons (Fsp3) is 0.364. The van der Waals surface area contributed by atoms with Crippen molar-refractivity contribution < 1.29 is 19.1 Å². The molecule has 2 aromatic carbocycles. The Hall–Kier alpha value is -2.86. The Bertz CT molecular complexity index is 785. The van der Waals surface area contributed by atoms with E-state index in [9.17, 15) is 9.59 Å².